The molecule has 166 valence electrons. The number of rotatable bonds is 4. The largest absolute Gasteiger partial charge is 0.487 e. The fourth-order valence-corrected chi connectivity index (χ4v) is 6.51. The smallest absolute Gasteiger partial charge is 0.247 e. The molecule has 0 spiro atoms. The van der Waals surface area contributed by atoms with Gasteiger partial charge in [0.15, 0.2) is 0 Å². The minimum Gasteiger partial charge on any atom is -0.487 e. The standard InChI is InChI=1S/C24H30N2O4S/c1-3-26-20-14-16-25(24(27)13-12-19-9-5-4-8-18(19)2)17-15-21(20)30-22-10-6-7-11-23(22)31(26,28)29/h4-11,20-21H,3,12-17H2,1-2H3/t20-,21-/m0/s1. The van der Waals surface area contributed by atoms with Gasteiger partial charge in [0.1, 0.15) is 16.7 Å². The zero-order chi connectivity index (χ0) is 22.0. The fraction of sp³-hybridized carbons (Fsp3) is 0.458. The average Bonchev–Trinajstić information content (AvgIpc) is 3.01. The molecule has 7 heteroatoms. The first-order chi connectivity index (χ1) is 14.9. The minimum absolute atomic E-state index is 0.117. The highest BCUT2D eigenvalue weighted by Gasteiger charge is 2.42. The summed E-state index contributed by atoms with van der Waals surface area (Å²) in [5, 5.41) is 0. The predicted molar refractivity (Wildman–Crippen MR) is 120 cm³/mol. The van der Waals surface area contributed by atoms with Crippen molar-refractivity contribution in [1.29, 1.82) is 0 Å². The number of para-hydroxylation sites is 1. The lowest BCUT2D eigenvalue weighted by Crippen LogP contribution is -2.47. The van der Waals surface area contributed by atoms with E-state index in [0.717, 1.165) is 0 Å². The van der Waals surface area contributed by atoms with E-state index >= 15 is 0 Å². The summed E-state index contributed by atoms with van der Waals surface area (Å²) in [5.74, 6) is 0.527. The molecule has 2 aliphatic rings. The molecule has 1 amide bonds. The number of ether oxygens (including phenoxy) is 1. The number of carbonyl (C=O) groups excluding carboxylic acids is 1. The Kier molecular flexibility index (Phi) is 6.34. The van der Waals surface area contributed by atoms with Crippen molar-refractivity contribution in [3.63, 3.8) is 0 Å². The van der Waals surface area contributed by atoms with Crippen LogP contribution in [0.4, 0.5) is 0 Å². The normalized spacial score (nSPS) is 23.1. The van der Waals surface area contributed by atoms with E-state index < -0.39 is 10.0 Å². The molecule has 2 atom stereocenters. The molecular weight excluding hydrogens is 412 g/mol. The van der Waals surface area contributed by atoms with Gasteiger partial charge in [-0.25, -0.2) is 8.42 Å². The molecule has 31 heavy (non-hydrogen) atoms. The van der Waals surface area contributed by atoms with Crippen LogP contribution in [0, 0.1) is 6.92 Å². The second kappa shape index (κ2) is 9.01. The topological polar surface area (TPSA) is 66.9 Å². The van der Waals surface area contributed by atoms with E-state index in [1.54, 1.807) is 28.6 Å². The van der Waals surface area contributed by atoms with E-state index in [1.165, 1.54) is 11.1 Å². The number of hydrogen-bond acceptors (Lipinski definition) is 4. The number of amides is 1. The third kappa shape index (κ3) is 4.34. The maximum absolute atomic E-state index is 13.3. The van der Waals surface area contributed by atoms with Crippen molar-refractivity contribution in [3.05, 3.63) is 59.7 Å². The van der Waals surface area contributed by atoms with Crippen LogP contribution in [-0.2, 0) is 21.2 Å². The van der Waals surface area contributed by atoms with Crippen LogP contribution >= 0.6 is 0 Å². The van der Waals surface area contributed by atoms with Gasteiger partial charge < -0.3 is 9.64 Å². The molecule has 4 rings (SSSR count). The monoisotopic (exact) mass is 442 g/mol. The Morgan fingerprint density at radius 1 is 1.06 bits per heavy atom. The molecule has 0 unspecified atom stereocenters. The lowest BCUT2D eigenvalue weighted by molar-refractivity contribution is -0.131. The van der Waals surface area contributed by atoms with Gasteiger partial charge in [-0.2, -0.15) is 4.31 Å². The highest BCUT2D eigenvalue weighted by atomic mass is 32.2. The Morgan fingerprint density at radius 3 is 2.55 bits per heavy atom. The van der Waals surface area contributed by atoms with Crippen LogP contribution in [0.25, 0.3) is 0 Å². The number of likely N-dealkylation sites (N-methyl/N-ethyl adjacent to an activating group) is 1. The van der Waals surface area contributed by atoms with Gasteiger partial charge in [0.2, 0.25) is 15.9 Å². The van der Waals surface area contributed by atoms with E-state index in [9.17, 15) is 13.2 Å². The number of sulfonamides is 1. The van der Waals surface area contributed by atoms with E-state index in [4.69, 9.17) is 4.74 Å². The first-order valence-corrected chi connectivity index (χ1v) is 12.5. The summed E-state index contributed by atoms with van der Waals surface area (Å²) in [6.45, 7) is 5.42. The average molecular weight is 443 g/mol. The van der Waals surface area contributed by atoms with E-state index in [2.05, 4.69) is 19.1 Å². The molecule has 0 radical (unpaired) electrons. The van der Waals surface area contributed by atoms with Crippen molar-refractivity contribution in [2.75, 3.05) is 19.6 Å². The Morgan fingerprint density at radius 2 is 1.77 bits per heavy atom. The van der Waals surface area contributed by atoms with E-state index in [1.807, 2.05) is 24.0 Å². The first-order valence-electron chi connectivity index (χ1n) is 11.0. The van der Waals surface area contributed by atoms with Crippen LogP contribution in [0.2, 0.25) is 0 Å². The van der Waals surface area contributed by atoms with Crippen molar-refractivity contribution in [2.45, 2.75) is 56.6 Å². The molecule has 0 bridgehead atoms. The van der Waals surface area contributed by atoms with Crippen molar-refractivity contribution in [1.82, 2.24) is 9.21 Å². The quantitative estimate of drug-likeness (QED) is 0.728. The number of hydrogen-bond donors (Lipinski definition) is 0. The van der Waals surface area contributed by atoms with Crippen molar-refractivity contribution in [2.24, 2.45) is 0 Å². The Bertz CT molecular complexity index is 1050. The second-order valence-corrected chi connectivity index (χ2v) is 10.1. The first kappa shape index (κ1) is 21.8. The Labute approximate surface area is 184 Å². The third-order valence-electron chi connectivity index (χ3n) is 6.43. The fourth-order valence-electron chi connectivity index (χ4n) is 4.70. The third-order valence-corrected chi connectivity index (χ3v) is 8.46. The molecular formula is C24H30N2O4S. The van der Waals surface area contributed by atoms with Gasteiger partial charge in [0.25, 0.3) is 0 Å². The van der Waals surface area contributed by atoms with Gasteiger partial charge in [0, 0.05) is 32.5 Å². The Hall–Kier alpha value is -2.38. The van der Waals surface area contributed by atoms with E-state index in [-0.39, 0.29) is 22.9 Å². The molecule has 6 nitrogen and oxygen atoms in total. The summed E-state index contributed by atoms with van der Waals surface area (Å²) in [6.07, 6.45) is 2.09. The van der Waals surface area contributed by atoms with Crippen molar-refractivity contribution >= 4 is 15.9 Å². The molecule has 2 aromatic carbocycles. The summed E-state index contributed by atoms with van der Waals surface area (Å²) in [7, 11) is -3.64. The summed E-state index contributed by atoms with van der Waals surface area (Å²) in [4.78, 5) is 15.0. The molecule has 1 saturated heterocycles. The molecule has 1 fully saturated rings. The van der Waals surface area contributed by atoms with Crippen LogP contribution in [0.1, 0.15) is 37.3 Å². The SMILES string of the molecule is CCN1[C@H]2CCN(C(=O)CCc3ccccc3C)CC[C@@H]2Oc2ccccc2S1(=O)=O. The summed E-state index contributed by atoms with van der Waals surface area (Å²) in [5.41, 5.74) is 2.39. The van der Waals surface area contributed by atoms with Crippen LogP contribution < -0.4 is 4.74 Å². The van der Waals surface area contributed by atoms with Crippen LogP contribution in [0.15, 0.2) is 53.4 Å². The molecule has 2 aromatic rings. The number of benzene rings is 2. The van der Waals surface area contributed by atoms with Crippen LogP contribution in [0.3, 0.4) is 0 Å². The van der Waals surface area contributed by atoms with Crippen LogP contribution in [-0.4, -0.2) is 55.3 Å². The summed E-state index contributed by atoms with van der Waals surface area (Å²) >= 11 is 0. The summed E-state index contributed by atoms with van der Waals surface area (Å²) in [6, 6.07) is 14.7. The van der Waals surface area contributed by atoms with Gasteiger partial charge >= 0.3 is 0 Å². The highest BCUT2D eigenvalue weighted by molar-refractivity contribution is 7.89. The zero-order valence-corrected chi connectivity index (χ0v) is 19.0. The molecule has 0 N–H and O–H groups in total. The second-order valence-electron chi connectivity index (χ2n) is 8.26. The maximum atomic E-state index is 13.3. The van der Waals surface area contributed by atoms with Crippen molar-refractivity contribution in [3.8, 4) is 5.75 Å². The van der Waals surface area contributed by atoms with Gasteiger partial charge in [-0.15, -0.1) is 0 Å². The molecule has 0 aliphatic carbocycles. The highest BCUT2D eigenvalue weighted by Crippen LogP contribution is 2.36. The zero-order valence-electron chi connectivity index (χ0n) is 18.2. The van der Waals surface area contributed by atoms with Crippen molar-refractivity contribution < 1.29 is 17.9 Å². The minimum atomic E-state index is -3.64. The number of nitrogens with zero attached hydrogens (tertiary/aromatic N) is 2. The van der Waals surface area contributed by atoms with Gasteiger partial charge in [-0.3, -0.25) is 4.79 Å². The molecule has 0 aromatic heterocycles. The van der Waals surface area contributed by atoms with Crippen LogP contribution in [0.5, 0.6) is 5.75 Å². The molecule has 0 saturated carbocycles. The number of aryl methyl sites for hydroxylation is 2. The number of carbonyl (C=O) groups is 1. The lowest BCUT2D eigenvalue weighted by atomic mass is 10.0. The van der Waals surface area contributed by atoms with Gasteiger partial charge in [-0.1, -0.05) is 43.3 Å². The van der Waals surface area contributed by atoms with Gasteiger partial charge in [-0.05, 0) is 43.0 Å². The van der Waals surface area contributed by atoms with E-state index in [0.29, 0.717) is 51.1 Å². The molecule has 2 heterocycles. The maximum Gasteiger partial charge on any atom is 0.247 e. The number of fused-ring (bicyclic) bond motifs is 2. The lowest BCUT2D eigenvalue weighted by Gasteiger charge is -2.30. The van der Waals surface area contributed by atoms with Gasteiger partial charge in [0.05, 0.1) is 6.04 Å². The summed E-state index contributed by atoms with van der Waals surface area (Å²) < 4.78 is 34.4. The predicted octanol–water partition coefficient (Wildman–Crippen LogP) is 3.39. The Balaban J connectivity index is 1.50. The number of likely N-dealkylation sites (tertiary alicyclic amines) is 1. The molecule has 2 aliphatic heterocycles.